The highest BCUT2D eigenvalue weighted by Gasteiger charge is 2.77. The number of hydrogen-bond donors (Lipinski definition) is 4. The topological polar surface area (TPSA) is 134 Å². The lowest BCUT2D eigenvalue weighted by Crippen LogP contribution is -2.77. The molecule has 8 nitrogen and oxygen atoms in total. The maximum atomic E-state index is 13.9. The van der Waals surface area contributed by atoms with Gasteiger partial charge in [0.05, 0.1) is 12.7 Å². The summed E-state index contributed by atoms with van der Waals surface area (Å²) in [6.07, 6.45) is -0.694. The molecule has 4 N–H and O–H groups in total. The molecule has 3 aliphatic carbocycles. The van der Waals surface area contributed by atoms with Crippen LogP contribution < -0.4 is 0 Å². The zero-order chi connectivity index (χ0) is 24.1. The van der Waals surface area contributed by atoms with Gasteiger partial charge in [0.1, 0.15) is 29.4 Å². The molecule has 0 aromatic carbocycles. The number of carbonyl (C=O) groups excluding carboxylic acids is 2. The van der Waals surface area contributed by atoms with Gasteiger partial charge in [-0.15, -0.1) is 0 Å². The van der Waals surface area contributed by atoms with Crippen LogP contribution in [0.1, 0.15) is 59.8 Å². The van der Waals surface area contributed by atoms with Gasteiger partial charge in [0.2, 0.25) is 0 Å². The van der Waals surface area contributed by atoms with Gasteiger partial charge in [-0.3, -0.25) is 9.59 Å². The van der Waals surface area contributed by atoms with E-state index in [2.05, 4.69) is 0 Å². The summed E-state index contributed by atoms with van der Waals surface area (Å²) in [5.74, 6) is -1.07. The van der Waals surface area contributed by atoms with Crippen molar-refractivity contribution in [3.05, 3.63) is 11.6 Å². The SMILES string of the molecule is CC(C)C(=O)CCC1(C)CCC2(C)C(CC=C3C(O)C4(O)COC5OC2C3C5(O)C4O)C1=O. The summed E-state index contributed by atoms with van der Waals surface area (Å²) < 4.78 is 11.8. The van der Waals surface area contributed by atoms with Gasteiger partial charge in [-0.2, -0.15) is 0 Å². The molecule has 10 atom stereocenters. The molecular weight excluding hydrogens is 428 g/mol. The Morgan fingerprint density at radius 1 is 1.21 bits per heavy atom. The van der Waals surface area contributed by atoms with E-state index in [-0.39, 0.29) is 24.1 Å². The molecule has 2 saturated heterocycles. The van der Waals surface area contributed by atoms with Gasteiger partial charge in [0.25, 0.3) is 0 Å². The molecule has 0 spiro atoms. The molecule has 4 fully saturated rings. The number of allylic oxidation sites excluding steroid dienone is 1. The van der Waals surface area contributed by atoms with Gasteiger partial charge in [-0.25, -0.2) is 0 Å². The summed E-state index contributed by atoms with van der Waals surface area (Å²) in [4.78, 5) is 26.2. The maximum absolute atomic E-state index is 13.9. The number of ether oxygens (including phenoxy) is 2. The molecule has 5 rings (SSSR count). The first-order valence-electron chi connectivity index (χ1n) is 12.2. The molecule has 0 radical (unpaired) electrons. The summed E-state index contributed by atoms with van der Waals surface area (Å²) >= 11 is 0. The second kappa shape index (κ2) is 7.18. The number of ketones is 2. The lowest BCUT2D eigenvalue weighted by molar-refractivity contribution is -0.341. The van der Waals surface area contributed by atoms with Crippen LogP contribution in [-0.4, -0.2) is 74.4 Å². The number of Topliss-reactive ketones (excluding diaryl/α,β-unsaturated/α-hetero) is 2. The van der Waals surface area contributed by atoms with Crippen molar-refractivity contribution in [3.8, 4) is 0 Å². The predicted octanol–water partition coefficient (Wildman–Crippen LogP) is 0.882. The third kappa shape index (κ3) is 2.85. The van der Waals surface area contributed by atoms with Gasteiger partial charge in [0.15, 0.2) is 11.9 Å². The van der Waals surface area contributed by atoms with Crippen molar-refractivity contribution < 1.29 is 39.5 Å². The minimum absolute atomic E-state index is 0.0676. The van der Waals surface area contributed by atoms with Crippen LogP contribution in [0.4, 0.5) is 0 Å². The lowest BCUT2D eigenvalue weighted by Gasteiger charge is -2.56. The van der Waals surface area contributed by atoms with Crippen molar-refractivity contribution in [1.29, 1.82) is 0 Å². The zero-order valence-corrected chi connectivity index (χ0v) is 19.8. The fourth-order valence-electron chi connectivity index (χ4n) is 7.24. The van der Waals surface area contributed by atoms with Crippen LogP contribution in [0.25, 0.3) is 0 Å². The van der Waals surface area contributed by atoms with Crippen molar-refractivity contribution in [2.24, 2.45) is 28.6 Å². The number of aliphatic hydroxyl groups excluding tert-OH is 2. The first-order chi connectivity index (χ1) is 15.3. The van der Waals surface area contributed by atoms with Gasteiger partial charge in [0, 0.05) is 35.0 Å². The second-order valence-electron chi connectivity index (χ2n) is 11.9. The number of rotatable bonds is 4. The Labute approximate surface area is 194 Å². The Morgan fingerprint density at radius 3 is 2.58 bits per heavy atom. The zero-order valence-electron chi connectivity index (χ0n) is 19.8. The van der Waals surface area contributed by atoms with Crippen LogP contribution in [0, 0.1) is 28.6 Å². The number of hydrogen-bond acceptors (Lipinski definition) is 8. The van der Waals surface area contributed by atoms with Crippen LogP contribution in [0.15, 0.2) is 11.6 Å². The maximum Gasteiger partial charge on any atom is 0.190 e. The molecule has 10 unspecified atom stereocenters. The number of aliphatic hydroxyl groups is 4. The first-order valence-corrected chi connectivity index (χ1v) is 12.2. The van der Waals surface area contributed by atoms with Crippen LogP contribution in [0.3, 0.4) is 0 Å². The molecule has 8 heteroatoms. The largest absolute Gasteiger partial charge is 0.387 e. The van der Waals surface area contributed by atoms with E-state index in [9.17, 15) is 30.0 Å². The van der Waals surface area contributed by atoms with E-state index in [1.165, 1.54) is 0 Å². The van der Waals surface area contributed by atoms with Gasteiger partial charge < -0.3 is 29.9 Å². The average Bonchev–Trinajstić information content (AvgIpc) is 3.03. The third-order valence-corrected chi connectivity index (χ3v) is 9.70. The molecule has 33 heavy (non-hydrogen) atoms. The average molecular weight is 465 g/mol. The van der Waals surface area contributed by atoms with Crippen LogP contribution in [0.2, 0.25) is 0 Å². The Bertz CT molecular complexity index is 914. The minimum Gasteiger partial charge on any atom is -0.387 e. The molecule has 0 amide bonds. The van der Waals surface area contributed by atoms with Crippen LogP contribution in [-0.2, 0) is 19.1 Å². The molecule has 2 bridgehead atoms. The summed E-state index contributed by atoms with van der Waals surface area (Å²) in [5, 5.41) is 44.6. The van der Waals surface area contributed by atoms with E-state index in [1.807, 2.05) is 27.7 Å². The van der Waals surface area contributed by atoms with Crippen molar-refractivity contribution in [1.82, 2.24) is 0 Å². The molecule has 2 heterocycles. The third-order valence-electron chi connectivity index (χ3n) is 9.70. The van der Waals surface area contributed by atoms with Gasteiger partial charge in [-0.05, 0) is 31.3 Å². The van der Waals surface area contributed by atoms with Crippen LogP contribution >= 0.6 is 0 Å². The number of carbonyl (C=O) groups is 2. The highest BCUT2D eigenvalue weighted by Crippen LogP contribution is 2.64. The Balaban J connectivity index is 1.52. The second-order valence-corrected chi connectivity index (χ2v) is 11.9. The molecule has 2 saturated carbocycles. The standard InChI is InChI=1S/C25H36O8/c1-12(2)15(26)7-8-22(3)9-10-23(4)14(18(22)28)6-5-13-16-19(23)33-21-25(16,31)20(29)24(30,11-32-21)17(13)27/h5,12,14,16-17,19-21,27,29-31H,6-11H2,1-4H3. The van der Waals surface area contributed by atoms with Crippen molar-refractivity contribution in [3.63, 3.8) is 0 Å². The van der Waals surface area contributed by atoms with Gasteiger partial charge >= 0.3 is 0 Å². The summed E-state index contributed by atoms with van der Waals surface area (Å²) in [7, 11) is 0. The van der Waals surface area contributed by atoms with E-state index < -0.39 is 58.5 Å². The summed E-state index contributed by atoms with van der Waals surface area (Å²) in [6, 6.07) is 0. The van der Waals surface area contributed by atoms with Crippen molar-refractivity contribution >= 4 is 11.6 Å². The number of fused-ring (bicyclic) bond motifs is 3. The normalized spacial score (nSPS) is 52.9. The fraction of sp³-hybridized carbons (Fsp3) is 0.840. The van der Waals surface area contributed by atoms with E-state index in [4.69, 9.17) is 9.47 Å². The molecule has 0 aromatic heterocycles. The minimum atomic E-state index is -2.04. The van der Waals surface area contributed by atoms with E-state index in [1.54, 1.807) is 6.08 Å². The molecular formula is C25H36O8. The molecule has 0 aromatic rings. The van der Waals surface area contributed by atoms with Crippen LogP contribution in [0.5, 0.6) is 0 Å². The predicted molar refractivity (Wildman–Crippen MR) is 116 cm³/mol. The quantitative estimate of drug-likeness (QED) is 0.451. The Morgan fingerprint density at radius 2 is 1.91 bits per heavy atom. The summed E-state index contributed by atoms with van der Waals surface area (Å²) in [5.41, 5.74) is -4.83. The molecule has 5 aliphatic rings. The Kier molecular flexibility index (Phi) is 5.13. The molecule has 2 aliphatic heterocycles. The lowest BCUT2D eigenvalue weighted by atomic mass is 9.52. The van der Waals surface area contributed by atoms with Crippen molar-refractivity contribution in [2.45, 2.75) is 95.6 Å². The molecule has 184 valence electrons. The fourth-order valence-corrected chi connectivity index (χ4v) is 7.24. The highest BCUT2D eigenvalue weighted by molar-refractivity contribution is 5.89. The van der Waals surface area contributed by atoms with E-state index >= 15 is 0 Å². The smallest absolute Gasteiger partial charge is 0.190 e. The summed E-state index contributed by atoms with van der Waals surface area (Å²) in [6.45, 7) is 7.29. The van der Waals surface area contributed by atoms with E-state index in [0.29, 0.717) is 37.7 Å². The van der Waals surface area contributed by atoms with Gasteiger partial charge in [-0.1, -0.05) is 33.8 Å². The Hall–Kier alpha value is -1.16. The highest BCUT2D eigenvalue weighted by atomic mass is 16.7. The van der Waals surface area contributed by atoms with E-state index in [0.717, 1.165) is 0 Å². The van der Waals surface area contributed by atoms with Crippen molar-refractivity contribution in [2.75, 3.05) is 6.61 Å². The first kappa shape index (κ1) is 23.6. The monoisotopic (exact) mass is 464 g/mol.